The van der Waals surface area contributed by atoms with E-state index in [0.29, 0.717) is 18.9 Å². The summed E-state index contributed by atoms with van der Waals surface area (Å²) >= 11 is 1.55. The standard InChI is InChI=1S/C16H20N2O2S/c1-11(2)8-13(16(19)20)17-9-15-18-14(10-21-15)12-6-4-3-5-7-12/h3-7,10-11,13,17H,8-9H2,1-2H3,(H,19,20)/t13-/m1/s1. The van der Waals surface area contributed by atoms with Crippen molar-refractivity contribution in [2.45, 2.75) is 32.9 Å². The largest absolute Gasteiger partial charge is 0.480 e. The van der Waals surface area contributed by atoms with E-state index >= 15 is 0 Å². The number of nitrogens with one attached hydrogen (secondary N) is 1. The molecule has 1 aromatic carbocycles. The molecule has 0 fully saturated rings. The lowest BCUT2D eigenvalue weighted by Crippen LogP contribution is -2.37. The summed E-state index contributed by atoms with van der Waals surface area (Å²) in [6.45, 7) is 4.53. The van der Waals surface area contributed by atoms with E-state index in [1.165, 1.54) is 0 Å². The molecule has 0 saturated carbocycles. The number of aliphatic carboxylic acids is 1. The summed E-state index contributed by atoms with van der Waals surface area (Å²) in [5.41, 5.74) is 2.02. The van der Waals surface area contributed by atoms with Gasteiger partial charge in [0.2, 0.25) is 0 Å². The van der Waals surface area contributed by atoms with E-state index in [0.717, 1.165) is 16.3 Å². The lowest BCUT2D eigenvalue weighted by molar-refractivity contribution is -0.140. The molecule has 1 atom stereocenters. The van der Waals surface area contributed by atoms with E-state index < -0.39 is 12.0 Å². The first-order valence-electron chi connectivity index (χ1n) is 7.02. The number of carboxylic acids is 1. The van der Waals surface area contributed by atoms with E-state index in [1.54, 1.807) is 11.3 Å². The van der Waals surface area contributed by atoms with Crippen molar-refractivity contribution in [2.24, 2.45) is 5.92 Å². The number of hydrogen-bond acceptors (Lipinski definition) is 4. The molecule has 0 radical (unpaired) electrons. The van der Waals surface area contributed by atoms with Crippen LogP contribution in [0.25, 0.3) is 11.3 Å². The van der Waals surface area contributed by atoms with Gasteiger partial charge in [-0.05, 0) is 12.3 Å². The summed E-state index contributed by atoms with van der Waals surface area (Å²) in [6, 6.07) is 9.46. The van der Waals surface area contributed by atoms with Crippen molar-refractivity contribution in [3.05, 3.63) is 40.7 Å². The van der Waals surface area contributed by atoms with Gasteiger partial charge in [-0.3, -0.25) is 10.1 Å². The Bertz CT molecular complexity index is 581. The summed E-state index contributed by atoms with van der Waals surface area (Å²) in [5, 5.41) is 15.2. The first kappa shape index (κ1) is 15.7. The first-order chi connectivity index (χ1) is 10.1. The van der Waals surface area contributed by atoms with Gasteiger partial charge in [0.1, 0.15) is 11.0 Å². The number of hydrogen-bond donors (Lipinski definition) is 2. The van der Waals surface area contributed by atoms with Gasteiger partial charge in [0.25, 0.3) is 0 Å². The van der Waals surface area contributed by atoms with Crippen molar-refractivity contribution in [3.63, 3.8) is 0 Å². The van der Waals surface area contributed by atoms with Crippen LogP contribution in [0.4, 0.5) is 0 Å². The lowest BCUT2D eigenvalue weighted by Gasteiger charge is -2.15. The maximum Gasteiger partial charge on any atom is 0.320 e. The van der Waals surface area contributed by atoms with E-state index in [-0.39, 0.29) is 0 Å². The van der Waals surface area contributed by atoms with Crippen molar-refractivity contribution in [3.8, 4) is 11.3 Å². The Morgan fingerprint density at radius 3 is 2.67 bits per heavy atom. The molecule has 0 amide bonds. The molecule has 2 rings (SSSR count). The van der Waals surface area contributed by atoms with Gasteiger partial charge in [0, 0.05) is 17.5 Å². The topological polar surface area (TPSA) is 62.2 Å². The highest BCUT2D eigenvalue weighted by atomic mass is 32.1. The van der Waals surface area contributed by atoms with Crippen LogP contribution >= 0.6 is 11.3 Å². The van der Waals surface area contributed by atoms with Gasteiger partial charge in [-0.25, -0.2) is 4.98 Å². The van der Waals surface area contributed by atoms with Crippen LogP contribution < -0.4 is 5.32 Å². The molecule has 1 aromatic heterocycles. The second-order valence-electron chi connectivity index (χ2n) is 5.39. The summed E-state index contributed by atoms with van der Waals surface area (Å²) in [5.74, 6) is -0.460. The zero-order valence-electron chi connectivity index (χ0n) is 12.2. The molecule has 2 aromatic rings. The molecular formula is C16H20N2O2S. The maximum absolute atomic E-state index is 11.2. The van der Waals surface area contributed by atoms with Crippen molar-refractivity contribution in [1.29, 1.82) is 0 Å². The Morgan fingerprint density at radius 1 is 1.33 bits per heavy atom. The minimum absolute atomic E-state index is 0.342. The number of nitrogens with zero attached hydrogens (tertiary/aromatic N) is 1. The maximum atomic E-state index is 11.2. The summed E-state index contributed by atoms with van der Waals surface area (Å²) in [6.07, 6.45) is 0.617. The van der Waals surface area contributed by atoms with Crippen LogP contribution in [0.5, 0.6) is 0 Å². The van der Waals surface area contributed by atoms with Crippen LogP contribution in [0.3, 0.4) is 0 Å². The highest BCUT2D eigenvalue weighted by molar-refractivity contribution is 7.09. The van der Waals surface area contributed by atoms with Crippen molar-refractivity contribution in [2.75, 3.05) is 0 Å². The number of benzene rings is 1. The zero-order chi connectivity index (χ0) is 15.2. The summed E-state index contributed by atoms with van der Waals surface area (Å²) in [7, 11) is 0. The SMILES string of the molecule is CC(C)C[C@@H](NCc1nc(-c2ccccc2)cs1)C(=O)O. The fraction of sp³-hybridized carbons (Fsp3) is 0.375. The quantitative estimate of drug-likeness (QED) is 0.823. The first-order valence-corrected chi connectivity index (χ1v) is 7.90. The third kappa shape index (κ3) is 4.65. The summed E-state index contributed by atoms with van der Waals surface area (Å²) in [4.78, 5) is 15.8. The number of aromatic nitrogens is 1. The average molecular weight is 304 g/mol. The number of carbonyl (C=O) groups is 1. The van der Waals surface area contributed by atoms with Gasteiger partial charge in [-0.15, -0.1) is 11.3 Å². The Labute approximate surface area is 128 Å². The summed E-state index contributed by atoms with van der Waals surface area (Å²) < 4.78 is 0. The van der Waals surface area contributed by atoms with Gasteiger partial charge >= 0.3 is 5.97 Å². The molecule has 21 heavy (non-hydrogen) atoms. The predicted molar refractivity (Wildman–Crippen MR) is 85.3 cm³/mol. The molecule has 112 valence electrons. The molecule has 0 aliphatic heterocycles. The molecule has 0 spiro atoms. The molecule has 4 nitrogen and oxygen atoms in total. The second kappa shape index (κ2) is 7.33. The third-order valence-electron chi connectivity index (χ3n) is 3.13. The van der Waals surface area contributed by atoms with E-state index in [1.807, 2.05) is 49.6 Å². The minimum Gasteiger partial charge on any atom is -0.480 e. The van der Waals surface area contributed by atoms with Crippen LogP contribution in [0.2, 0.25) is 0 Å². The van der Waals surface area contributed by atoms with Crippen molar-refractivity contribution in [1.82, 2.24) is 10.3 Å². The van der Waals surface area contributed by atoms with Crippen molar-refractivity contribution >= 4 is 17.3 Å². The van der Waals surface area contributed by atoms with Crippen LogP contribution in [-0.2, 0) is 11.3 Å². The Hall–Kier alpha value is -1.72. The highest BCUT2D eigenvalue weighted by Crippen LogP contribution is 2.21. The molecular weight excluding hydrogens is 284 g/mol. The smallest absolute Gasteiger partial charge is 0.320 e. The average Bonchev–Trinajstić information content (AvgIpc) is 2.92. The Morgan fingerprint density at radius 2 is 2.05 bits per heavy atom. The molecule has 0 aliphatic carbocycles. The fourth-order valence-corrected chi connectivity index (χ4v) is 2.84. The number of rotatable bonds is 7. The Balaban J connectivity index is 1.98. The second-order valence-corrected chi connectivity index (χ2v) is 6.34. The monoisotopic (exact) mass is 304 g/mol. The molecule has 0 saturated heterocycles. The van der Waals surface area contributed by atoms with Crippen LogP contribution in [0.15, 0.2) is 35.7 Å². The van der Waals surface area contributed by atoms with Gasteiger partial charge < -0.3 is 5.11 Å². The normalized spacial score (nSPS) is 12.5. The molecule has 0 aliphatic rings. The molecule has 2 N–H and O–H groups in total. The van der Waals surface area contributed by atoms with E-state index in [9.17, 15) is 9.90 Å². The van der Waals surface area contributed by atoms with Gasteiger partial charge in [0.05, 0.1) is 5.69 Å². The van der Waals surface area contributed by atoms with Gasteiger partial charge in [-0.2, -0.15) is 0 Å². The fourth-order valence-electron chi connectivity index (χ4n) is 2.09. The molecule has 0 unspecified atom stereocenters. The third-order valence-corrected chi connectivity index (χ3v) is 3.98. The predicted octanol–water partition coefficient (Wildman–Crippen LogP) is 3.40. The van der Waals surface area contributed by atoms with Crippen LogP contribution in [0.1, 0.15) is 25.3 Å². The molecule has 0 bridgehead atoms. The van der Waals surface area contributed by atoms with E-state index in [4.69, 9.17) is 0 Å². The highest BCUT2D eigenvalue weighted by Gasteiger charge is 2.18. The van der Waals surface area contributed by atoms with Gasteiger partial charge in [-0.1, -0.05) is 44.2 Å². The minimum atomic E-state index is -0.802. The Kier molecular flexibility index (Phi) is 5.47. The van der Waals surface area contributed by atoms with Gasteiger partial charge in [0.15, 0.2) is 0 Å². The van der Waals surface area contributed by atoms with Crippen LogP contribution in [-0.4, -0.2) is 22.1 Å². The molecule has 1 heterocycles. The number of thiazole rings is 1. The van der Waals surface area contributed by atoms with E-state index in [2.05, 4.69) is 10.3 Å². The lowest BCUT2D eigenvalue weighted by atomic mass is 10.0. The zero-order valence-corrected chi connectivity index (χ0v) is 13.1. The van der Waals surface area contributed by atoms with Crippen molar-refractivity contribution < 1.29 is 9.90 Å². The number of carboxylic acid groups (broad SMARTS) is 1. The molecule has 5 heteroatoms. The van der Waals surface area contributed by atoms with Crippen LogP contribution in [0, 0.1) is 5.92 Å².